The molecule has 1 aromatic heterocycles. The van der Waals surface area contributed by atoms with Crippen molar-refractivity contribution in [3.8, 4) is 0 Å². The van der Waals surface area contributed by atoms with Crippen molar-refractivity contribution in [2.45, 2.75) is 52.3 Å². The molecule has 0 unspecified atom stereocenters. The minimum Gasteiger partial charge on any atom is -0.444 e. The van der Waals surface area contributed by atoms with Gasteiger partial charge in [0.05, 0.1) is 30.3 Å². The van der Waals surface area contributed by atoms with Crippen molar-refractivity contribution >= 4 is 11.9 Å². The van der Waals surface area contributed by atoms with Crippen LogP contribution < -0.4 is 0 Å². The number of ketones is 1. The first-order valence-electron chi connectivity index (χ1n) is 6.29. The van der Waals surface area contributed by atoms with E-state index in [1.54, 1.807) is 27.1 Å². The zero-order valence-corrected chi connectivity index (χ0v) is 11.7. The van der Waals surface area contributed by atoms with Gasteiger partial charge in [0.25, 0.3) is 0 Å². The van der Waals surface area contributed by atoms with E-state index in [0.29, 0.717) is 13.0 Å². The summed E-state index contributed by atoms with van der Waals surface area (Å²) in [6.07, 6.45) is 1.56. The van der Waals surface area contributed by atoms with Crippen LogP contribution in [-0.2, 0) is 22.5 Å². The Morgan fingerprint density at radius 1 is 1.47 bits per heavy atom. The number of hydrogen-bond donors (Lipinski definition) is 1. The Hall–Kier alpha value is -1.85. The number of fused-ring (bicyclic) bond motifs is 1. The molecule has 0 spiro atoms. The minimum absolute atomic E-state index is 0.0560. The number of nitrogens with one attached hydrogen (secondary N) is 1. The number of Topliss-reactive ketones (excluding diaryl/α,β-unsaturated/α-hetero) is 1. The van der Waals surface area contributed by atoms with Crippen LogP contribution in [0.15, 0.2) is 6.33 Å². The predicted molar refractivity (Wildman–Crippen MR) is 68.5 cm³/mol. The van der Waals surface area contributed by atoms with Crippen LogP contribution in [0.1, 0.15) is 39.1 Å². The Morgan fingerprint density at radius 2 is 2.16 bits per heavy atom. The van der Waals surface area contributed by atoms with Crippen molar-refractivity contribution in [3.05, 3.63) is 17.7 Å². The topological polar surface area (TPSA) is 75.3 Å². The lowest BCUT2D eigenvalue weighted by Crippen LogP contribution is -2.49. The predicted octanol–water partition coefficient (Wildman–Crippen LogP) is 1.66. The van der Waals surface area contributed by atoms with Crippen molar-refractivity contribution < 1.29 is 14.3 Å². The van der Waals surface area contributed by atoms with Crippen LogP contribution in [0.4, 0.5) is 4.79 Å². The fourth-order valence-corrected chi connectivity index (χ4v) is 2.11. The molecule has 1 atom stereocenters. The molecule has 0 fully saturated rings. The summed E-state index contributed by atoms with van der Waals surface area (Å²) in [6.45, 7) is 7.23. The van der Waals surface area contributed by atoms with Crippen molar-refractivity contribution in [2.24, 2.45) is 0 Å². The molecule has 1 aliphatic rings. The zero-order chi connectivity index (χ0) is 14.2. The van der Waals surface area contributed by atoms with E-state index in [-0.39, 0.29) is 5.78 Å². The Labute approximate surface area is 112 Å². The number of aromatic amines is 1. The number of aromatic nitrogens is 2. The molecule has 0 aromatic carbocycles. The first-order valence-corrected chi connectivity index (χ1v) is 6.29. The lowest BCUT2D eigenvalue weighted by molar-refractivity contribution is -0.122. The molecular formula is C13H19N3O3. The van der Waals surface area contributed by atoms with Crippen LogP contribution >= 0.6 is 0 Å². The SMILES string of the molecule is CC(=O)[C@@H]1Cc2nc[nH]c2CN1C(=O)OC(C)(C)C. The maximum atomic E-state index is 12.2. The summed E-state index contributed by atoms with van der Waals surface area (Å²) in [5.41, 5.74) is 1.13. The molecule has 1 N–H and O–H groups in total. The van der Waals surface area contributed by atoms with Crippen molar-refractivity contribution in [2.75, 3.05) is 0 Å². The molecule has 0 bridgehead atoms. The third-order valence-corrected chi connectivity index (χ3v) is 3.00. The highest BCUT2D eigenvalue weighted by molar-refractivity contribution is 5.86. The summed E-state index contributed by atoms with van der Waals surface area (Å²) in [5.74, 6) is -0.0560. The molecule has 1 aromatic rings. The molecule has 1 amide bonds. The highest BCUT2D eigenvalue weighted by Crippen LogP contribution is 2.23. The number of amides is 1. The monoisotopic (exact) mass is 265 g/mol. The number of carbonyl (C=O) groups excluding carboxylic acids is 2. The van der Waals surface area contributed by atoms with Gasteiger partial charge in [0.15, 0.2) is 5.78 Å². The number of rotatable bonds is 1. The van der Waals surface area contributed by atoms with Crippen LogP contribution in [0.25, 0.3) is 0 Å². The summed E-state index contributed by atoms with van der Waals surface area (Å²) < 4.78 is 5.35. The number of ether oxygens (including phenoxy) is 1. The van der Waals surface area contributed by atoms with Crippen LogP contribution in [0.5, 0.6) is 0 Å². The molecule has 1 aliphatic heterocycles. The van der Waals surface area contributed by atoms with E-state index in [4.69, 9.17) is 4.74 Å². The van der Waals surface area contributed by atoms with Gasteiger partial charge in [-0.15, -0.1) is 0 Å². The molecular weight excluding hydrogens is 246 g/mol. The van der Waals surface area contributed by atoms with Crippen molar-refractivity contribution in [1.29, 1.82) is 0 Å². The van der Waals surface area contributed by atoms with Crippen LogP contribution in [0, 0.1) is 0 Å². The van der Waals surface area contributed by atoms with Gasteiger partial charge < -0.3 is 9.72 Å². The number of H-pyrrole nitrogens is 1. The maximum absolute atomic E-state index is 12.2. The van der Waals surface area contributed by atoms with Gasteiger partial charge in [0, 0.05) is 6.42 Å². The van der Waals surface area contributed by atoms with Gasteiger partial charge in [-0.05, 0) is 27.7 Å². The first kappa shape index (κ1) is 13.6. The first-order chi connectivity index (χ1) is 8.78. The normalized spacial score (nSPS) is 18.9. The fourth-order valence-electron chi connectivity index (χ4n) is 2.11. The minimum atomic E-state index is -0.577. The van der Waals surface area contributed by atoms with Crippen molar-refractivity contribution in [3.63, 3.8) is 0 Å². The van der Waals surface area contributed by atoms with E-state index < -0.39 is 17.7 Å². The Bertz CT molecular complexity index is 501. The van der Waals surface area contributed by atoms with Gasteiger partial charge in [-0.25, -0.2) is 9.78 Å². The molecule has 6 nitrogen and oxygen atoms in total. The molecule has 2 heterocycles. The lowest BCUT2D eigenvalue weighted by atomic mass is 10.0. The third kappa shape index (κ3) is 2.94. The number of hydrogen-bond acceptors (Lipinski definition) is 4. The molecule has 0 saturated heterocycles. The second kappa shape index (κ2) is 4.68. The highest BCUT2D eigenvalue weighted by Gasteiger charge is 2.36. The molecule has 104 valence electrons. The van der Waals surface area contributed by atoms with Crippen LogP contribution in [0.3, 0.4) is 0 Å². The summed E-state index contributed by atoms with van der Waals surface area (Å²) in [4.78, 5) is 32.5. The molecule has 6 heteroatoms. The van der Waals surface area contributed by atoms with E-state index in [2.05, 4.69) is 9.97 Å². The average Bonchev–Trinajstić information content (AvgIpc) is 2.71. The molecule has 0 radical (unpaired) electrons. The zero-order valence-electron chi connectivity index (χ0n) is 11.7. The van der Waals surface area contributed by atoms with Gasteiger partial charge in [0.2, 0.25) is 0 Å². The summed E-state index contributed by atoms with van der Waals surface area (Å²) in [6, 6.07) is -0.495. The lowest BCUT2D eigenvalue weighted by Gasteiger charge is -2.34. The summed E-state index contributed by atoms with van der Waals surface area (Å²) >= 11 is 0. The largest absolute Gasteiger partial charge is 0.444 e. The average molecular weight is 265 g/mol. The molecule has 0 aliphatic carbocycles. The summed E-state index contributed by atoms with van der Waals surface area (Å²) in [7, 11) is 0. The third-order valence-electron chi connectivity index (χ3n) is 3.00. The second-order valence-electron chi connectivity index (χ2n) is 5.77. The Kier molecular flexibility index (Phi) is 3.34. The van der Waals surface area contributed by atoms with E-state index in [9.17, 15) is 9.59 Å². The maximum Gasteiger partial charge on any atom is 0.411 e. The number of carbonyl (C=O) groups is 2. The van der Waals surface area contributed by atoms with E-state index in [1.807, 2.05) is 0 Å². The van der Waals surface area contributed by atoms with Crippen LogP contribution in [-0.4, -0.2) is 38.4 Å². The van der Waals surface area contributed by atoms with Gasteiger partial charge in [-0.3, -0.25) is 9.69 Å². The number of nitrogens with zero attached hydrogens (tertiary/aromatic N) is 2. The molecule has 19 heavy (non-hydrogen) atoms. The second-order valence-corrected chi connectivity index (χ2v) is 5.77. The van der Waals surface area contributed by atoms with Gasteiger partial charge in [-0.1, -0.05) is 0 Å². The Balaban J connectivity index is 2.22. The fraction of sp³-hybridized carbons (Fsp3) is 0.615. The Morgan fingerprint density at radius 3 is 2.74 bits per heavy atom. The van der Waals surface area contributed by atoms with Gasteiger partial charge >= 0.3 is 6.09 Å². The smallest absolute Gasteiger partial charge is 0.411 e. The molecule has 0 saturated carbocycles. The van der Waals surface area contributed by atoms with Crippen molar-refractivity contribution in [1.82, 2.24) is 14.9 Å². The van der Waals surface area contributed by atoms with E-state index >= 15 is 0 Å². The number of imidazole rings is 1. The quantitative estimate of drug-likeness (QED) is 0.838. The standard InChI is InChI=1S/C13H19N3O3/c1-8(17)11-5-9-10(15-7-14-9)6-16(11)12(18)19-13(2,3)4/h7,11H,5-6H2,1-4H3,(H,14,15)/t11-/m0/s1. The van der Waals surface area contributed by atoms with E-state index in [0.717, 1.165) is 11.4 Å². The van der Waals surface area contributed by atoms with Gasteiger partial charge in [-0.2, -0.15) is 0 Å². The van der Waals surface area contributed by atoms with Crippen LogP contribution in [0.2, 0.25) is 0 Å². The highest BCUT2D eigenvalue weighted by atomic mass is 16.6. The molecule has 2 rings (SSSR count). The summed E-state index contributed by atoms with van der Waals surface area (Å²) in [5, 5.41) is 0. The van der Waals surface area contributed by atoms with Gasteiger partial charge in [0.1, 0.15) is 5.60 Å². The van der Waals surface area contributed by atoms with E-state index in [1.165, 1.54) is 11.8 Å².